The zero-order valence-corrected chi connectivity index (χ0v) is 12.0. The molecule has 0 atom stereocenters. The number of halogens is 1. The van der Waals surface area contributed by atoms with Gasteiger partial charge in [0.2, 0.25) is 0 Å². The van der Waals surface area contributed by atoms with Crippen LogP contribution in [0.3, 0.4) is 0 Å². The summed E-state index contributed by atoms with van der Waals surface area (Å²) in [5.74, 6) is 1.56. The van der Waals surface area contributed by atoms with Crippen LogP contribution in [0.5, 0.6) is 5.75 Å². The first kappa shape index (κ1) is 13.1. The van der Waals surface area contributed by atoms with Gasteiger partial charge in [0.15, 0.2) is 0 Å². The number of aromatic nitrogens is 2. The van der Waals surface area contributed by atoms with Gasteiger partial charge in [-0.15, -0.1) is 0 Å². The number of methoxy groups -OCH3 is 1. The van der Waals surface area contributed by atoms with Crippen LogP contribution in [0, 0.1) is 0 Å². The van der Waals surface area contributed by atoms with E-state index in [9.17, 15) is 0 Å². The van der Waals surface area contributed by atoms with E-state index < -0.39 is 0 Å². The summed E-state index contributed by atoms with van der Waals surface area (Å²) in [5, 5.41) is 0. The van der Waals surface area contributed by atoms with E-state index in [0.29, 0.717) is 6.54 Å². The number of H-pyrrole nitrogens is 1. The van der Waals surface area contributed by atoms with E-state index in [4.69, 9.17) is 10.5 Å². The van der Waals surface area contributed by atoms with Gasteiger partial charge >= 0.3 is 0 Å². The molecule has 2 rings (SSSR count). The molecular weight excluding hydrogens is 294 g/mol. The third-order valence-corrected chi connectivity index (χ3v) is 3.40. The number of hydrogen-bond acceptors (Lipinski definition) is 3. The van der Waals surface area contributed by atoms with E-state index in [-0.39, 0.29) is 0 Å². The molecule has 3 N–H and O–H groups in total. The first-order valence-electron chi connectivity index (χ1n) is 5.81. The molecule has 0 aliphatic carbocycles. The number of hydrogen-bond donors (Lipinski definition) is 2. The summed E-state index contributed by atoms with van der Waals surface area (Å²) >= 11 is 3.48. The predicted octanol–water partition coefficient (Wildman–Crippen LogP) is 2.87. The molecule has 2 aromatic rings. The van der Waals surface area contributed by atoms with Crippen molar-refractivity contribution < 1.29 is 4.74 Å². The molecule has 0 aliphatic heterocycles. The summed E-state index contributed by atoms with van der Waals surface area (Å²) < 4.78 is 6.22. The van der Waals surface area contributed by atoms with Crippen molar-refractivity contribution in [3.05, 3.63) is 34.2 Å². The van der Waals surface area contributed by atoms with Gasteiger partial charge in [-0.1, -0.05) is 13.0 Å². The van der Waals surface area contributed by atoms with Gasteiger partial charge in [0.05, 0.1) is 13.7 Å². The van der Waals surface area contributed by atoms with E-state index >= 15 is 0 Å². The largest absolute Gasteiger partial charge is 0.496 e. The van der Waals surface area contributed by atoms with Crippen molar-refractivity contribution in [3.8, 4) is 17.0 Å². The predicted molar refractivity (Wildman–Crippen MR) is 75.5 cm³/mol. The molecule has 0 radical (unpaired) electrons. The first-order chi connectivity index (χ1) is 8.69. The highest BCUT2D eigenvalue weighted by Crippen LogP contribution is 2.34. The average molecular weight is 310 g/mol. The minimum Gasteiger partial charge on any atom is -0.496 e. The lowest BCUT2D eigenvalue weighted by molar-refractivity contribution is 0.416. The fraction of sp³-hybridized carbons (Fsp3) is 0.308. The lowest BCUT2D eigenvalue weighted by Gasteiger charge is -2.08. The highest BCUT2D eigenvalue weighted by molar-refractivity contribution is 9.10. The average Bonchev–Trinajstić information content (AvgIpc) is 2.79. The molecule has 1 aromatic heterocycles. The Kier molecular flexibility index (Phi) is 4.04. The van der Waals surface area contributed by atoms with Crippen molar-refractivity contribution in [2.45, 2.75) is 19.9 Å². The van der Waals surface area contributed by atoms with Crippen molar-refractivity contribution in [2.75, 3.05) is 7.11 Å². The number of imidazole rings is 1. The molecule has 0 bridgehead atoms. The standard InChI is InChI=1S/C13H16BrN3O/c1-3-8-4-5-10(18-2)9(6-8)12-13(14)17-11(7-15)16-12/h4-6H,3,7,15H2,1-2H3,(H,16,17). The van der Waals surface area contributed by atoms with E-state index in [1.54, 1.807) is 7.11 Å². The van der Waals surface area contributed by atoms with E-state index in [0.717, 1.165) is 33.9 Å². The third kappa shape index (κ3) is 2.42. The van der Waals surface area contributed by atoms with Crippen LogP contribution in [0.2, 0.25) is 0 Å². The molecule has 0 unspecified atom stereocenters. The first-order valence-corrected chi connectivity index (χ1v) is 6.60. The van der Waals surface area contributed by atoms with Crippen LogP contribution in [-0.4, -0.2) is 17.1 Å². The van der Waals surface area contributed by atoms with Crippen molar-refractivity contribution in [2.24, 2.45) is 5.73 Å². The summed E-state index contributed by atoms with van der Waals surface area (Å²) in [6.45, 7) is 2.50. The van der Waals surface area contributed by atoms with Crippen LogP contribution in [0.1, 0.15) is 18.3 Å². The van der Waals surface area contributed by atoms with Gasteiger partial charge in [0.1, 0.15) is 21.9 Å². The molecular formula is C13H16BrN3O. The molecule has 0 spiro atoms. The van der Waals surface area contributed by atoms with Crippen LogP contribution in [0.15, 0.2) is 22.8 Å². The molecule has 5 heteroatoms. The highest BCUT2D eigenvalue weighted by atomic mass is 79.9. The number of ether oxygens (including phenoxy) is 1. The Morgan fingerprint density at radius 1 is 1.44 bits per heavy atom. The van der Waals surface area contributed by atoms with Gasteiger partial charge in [-0.2, -0.15) is 0 Å². The Labute approximate surface area is 115 Å². The smallest absolute Gasteiger partial charge is 0.128 e. The van der Waals surface area contributed by atoms with Gasteiger partial charge in [-0.3, -0.25) is 0 Å². The number of nitrogens with zero attached hydrogens (tertiary/aromatic N) is 1. The SMILES string of the molecule is CCc1ccc(OC)c(-c2nc(CN)[nH]c2Br)c1. The summed E-state index contributed by atoms with van der Waals surface area (Å²) in [7, 11) is 1.66. The summed E-state index contributed by atoms with van der Waals surface area (Å²) in [5.41, 5.74) is 8.64. The number of nitrogens with one attached hydrogen (secondary N) is 1. The van der Waals surface area contributed by atoms with E-state index in [2.05, 4.69) is 45.0 Å². The zero-order valence-electron chi connectivity index (χ0n) is 10.5. The van der Waals surface area contributed by atoms with Gasteiger partial charge in [0, 0.05) is 5.56 Å². The maximum absolute atomic E-state index is 5.59. The Hall–Kier alpha value is -1.33. The van der Waals surface area contributed by atoms with Crippen molar-refractivity contribution in [3.63, 3.8) is 0 Å². The maximum atomic E-state index is 5.59. The Morgan fingerprint density at radius 2 is 2.22 bits per heavy atom. The van der Waals surface area contributed by atoms with Gasteiger partial charge < -0.3 is 15.5 Å². The lowest BCUT2D eigenvalue weighted by atomic mass is 10.1. The summed E-state index contributed by atoms with van der Waals surface area (Å²) in [4.78, 5) is 7.58. The van der Waals surface area contributed by atoms with E-state index in [1.165, 1.54) is 5.56 Å². The van der Waals surface area contributed by atoms with Crippen molar-refractivity contribution in [1.82, 2.24) is 9.97 Å². The van der Waals surface area contributed by atoms with Gasteiger partial charge in [0.25, 0.3) is 0 Å². The quantitative estimate of drug-likeness (QED) is 0.912. The van der Waals surface area contributed by atoms with Crippen LogP contribution in [0.4, 0.5) is 0 Å². The zero-order chi connectivity index (χ0) is 13.1. The van der Waals surface area contributed by atoms with Crippen molar-refractivity contribution in [1.29, 1.82) is 0 Å². The molecule has 0 fully saturated rings. The molecule has 96 valence electrons. The number of aryl methyl sites for hydroxylation is 1. The molecule has 0 aliphatic rings. The van der Waals surface area contributed by atoms with Crippen LogP contribution < -0.4 is 10.5 Å². The van der Waals surface area contributed by atoms with E-state index in [1.807, 2.05) is 6.07 Å². The second-order valence-corrected chi connectivity index (χ2v) is 4.73. The lowest BCUT2D eigenvalue weighted by Crippen LogP contribution is -1.98. The normalized spacial score (nSPS) is 10.7. The molecule has 18 heavy (non-hydrogen) atoms. The van der Waals surface area contributed by atoms with Gasteiger partial charge in [-0.25, -0.2) is 4.98 Å². The molecule has 0 saturated carbocycles. The maximum Gasteiger partial charge on any atom is 0.128 e. The van der Waals surface area contributed by atoms with Crippen molar-refractivity contribution >= 4 is 15.9 Å². The number of benzene rings is 1. The second-order valence-electron chi connectivity index (χ2n) is 3.94. The number of nitrogens with two attached hydrogens (primary N) is 1. The second kappa shape index (κ2) is 5.54. The summed E-state index contributed by atoms with van der Waals surface area (Å²) in [6, 6.07) is 6.13. The fourth-order valence-corrected chi connectivity index (χ4v) is 2.36. The molecule has 4 nitrogen and oxygen atoms in total. The molecule has 1 heterocycles. The Bertz CT molecular complexity index is 551. The molecule has 0 amide bonds. The summed E-state index contributed by atoms with van der Waals surface area (Å²) in [6.07, 6.45) is 0.975. The minimum atomic E-state index is 0.383. The minimum absolute atomic E-state index is 0.383. The Morgan fingerprint density at radius 3 is 2.78 bits per heavy atom. The molecule has 1 aromatic carbocycles. The topological polar surface area (TPSA) is 63.9 Å². The fourth-order valence-electron chi connectivity index (χ4n) is 1.83. The van der Waals surface area contributed by atoms with Gasteiger partial charge in [-0.05, 0) is 40.0 Å². The van der Waals surface area contributed by atoms with Crippen LogP contribution >= 0.6 is 15.9 Å². The number of aromatic amines is 1. The van der Waals surface area contributed by atoms with Crippen LogP contribution in [0.25, 0.3) is 11.3 Å². The molecule has 0 saturated heterocycles. The monoisotopic (exact) mass is 309 g/mol. The number of rotatable bonds is 4. The highest BCUT2D eigenvalue weighted by Gasteiger charge is 2.14. The van der Waals surface area contributed by atoms with Crippen LogP contribution in [-0.2, 0) is 13.0 Å². The third-order valence-electron chi connectivity index (χ3n) is 2.83. The Balaban J connectivity index is 2.56.